The second kappa shape index (κ2) is 6.46. The van der Waals surface area contributed by atoms with Crippen LogP contribution < -0.4 is 0 Å². The third-order valence-corrected chi connectivity index (χ3v) is 4.83. The van der Waals surface area contributed by atoms with Gasteiger partial charge in [-0.15, -0.1) is 10.2 Å². The Labute approximate surface area is 153 Å². The predicted octanol–water partition coefficient (Wildman–Crippen LogP) is 4.08. The zero-order valence-electron chi connectivity index (χ0n) is 13.4. The summed E-state index contributed by atoms with van der Waals surface area (Å²) in [6.07, 6.45) is -4.72. The Kier molecular flexibility index (Phi) is 4.23. The van der Waals surface area contributed by atoms with E-state index in [2.05, 4.69) is 15.2 Å². The molecule has 4 aromatic rings. The molecule has 4 rings (SSSR count). The summed E-state index contributed by atoms with van der Waals surface area (Å²) in [5.41, 5.74) is 0.649. The van der Waals surface area contributed by atoms with Crippen LogP contribution in [0.15, 0.2) is 52.4 Å². The van der Waals surface area contributed by atoms with Crippen molar-refractivity contribution in [3.63, 3.8) is 0 Å². The van der Waals surface area contributed by atoms with Crippen LogP contribution in [-0.2, 0) is 12.8 Å². The van der Waals surface area contributed by atoms with Gasteiger partial charge in [-0.3, -0.25) is 4.40 Å². The topological polar surface area (TPSA) is 63.3 Å². The van der Waals surface area contributed by atoms with E-state index in [1.165, 1.54) is 36.4 Å². The molecule has 0 saturated carbocycles. The molecule has 0 atom stereocenters. The molecule has 2 heterocycles. The Morgan fingerprint density at radius 3 is 2.44 bits per heavy atom. The third kappa shape index (κ3) is 3.10. The van der Waals surface area contributed by atoms with E-state index in [1.807, 2.05) is 0 Å². The minimum atomic E-state index is -4.72. The van der Waals surface area contributed by atoms with Crippen LogP contribution in [-0.4, -0.2) is 24.7 Å². The molecule has 2 aromatic carbocycles. The number of aliphatic hydroxyl groups excluding tert-OH is 1. The Morgan fingerprint density at radius 2 is 1.78 bits per heavy atom. The summed E-state index contributed by atoms with van der Waals surface area (Å²) >= 11 is 1.03. The van der Waals surface area contributed by atoms with Crippen LogP contribution in [0.25, 0.3) is 16.7 Å². The number of hydrogen-bond acceptors (Lipinski definition) is 5. The summed E-state index contributed by atoms with van der Waals surface area (Å²) in [7, 11) is 0. The molecule has 0 bridgehead atoms. The van der Waals surface area contributed by atoms with Crippen molar-refractivity contribution >= 4 is 28.4 Å². The highest BCUT2D eigenvalue weighted by Crippen LogP contribution is 2.35. The molecule has 10 heteroatoms. The van der Waals surface area contributed by atoms with Gasteiger partial charge in [-0.1, -0.05) is 23.9 Å². The lowest BCUT2D eigenvalue weighted by molar-refractivity contribution is -0.145. The lowest BCUT2D eigenvalue weighted by atomic mass is 10.2. The van der Waals surface area contributed by atoms with E-state index in [0.29, 0.717) is 10.5 Å². The van der Waals surface area contributed by atoms with E-state index in [-0.39, 0.29) is 28.3 Å². The second-order valence-electron chi connectivity index (χ2n) is 5.60. The van der Waals surface area contributed by atoms with Gasteiger partial charge < -0.3 is 5.11 Å². The van der Waals surface area contributed by atoms with Crippen LogP contribution in [0.2, 0.25) is 0 Å². The lowest BCUT2D eigenvalue weighted by Crippen LogP contribution is -2.12. The van der Waals surface area contributed by atoms with Gasteiger partial charge in [-0.05, 0) is 30.3 Å². The van der Waals surface area contributed by atoms with E-state index >= 15 is 0 Å². The van der Waals surface area contributed by atoms with Crippen LogP contribution in [0.1, 0.15) is 11.4 Å². The van der Waals surface area contributed by atoms with Gasteiger partial charge in [0.15, 0.2) is 5.65 Å². The SMILES string of the molecule is OCc1cccc2c1nc(Sc1ccc(F)cc1)c1nnc(C(F)(F)F)n12. The van der Waals surface area contributed by atoms with E-state index in [1.54, 1.807) is 6.07 Å². The van der Waals surface area contributed by atoms with E-state index < -0.39 is 17.8 Å². The lowest BCUT2D eigenvalue weighted by Gasteiger charge is -2.11. The highest BCUT2D eigenvalue weighted by atomic mass is 32.2. The summed E-state index contributed by atoms with van der Waals surface area (Å²) < 4.78 is 54.3. The molecule has 0 saturated heterocycles. The maximum atomic E-state index is 13.4. The highest BCUT2D eigenvalue weighted by Gasteiger charge is 2.38. The summed E-state index contributed by atoms with van der Waals surface area (Å²) in [5, 5.41) is 16.7. The van der Waals surface area contributed by atoms with Gasteiger partial charge in [0.05, 0.1) is 17.6 Å². The van der Waals surface area contributed by atoms with E-state index in [4.69, 9.17) is 0 Å². The van der Waals surface area contributed by atoms with Gasteiger partial charge in [-0.25, -0.2) is 9.37 Å². The molecule has 0 unspecified atom stereocenters. The van der Waals surface area contributed by atoms with Gasteiger partial charge >= 0.3 is 6.18 Å². The number of halogens is 4. The molecule has 1 N–H and O–H groups in total. The fourth-order valence-electron chi connectivity index (χ4n) is 2.68. The Balaban J connectivity index is 2.02. The number of para-hydroxylation sites is 1. The minimum absolute atomic E-state index is 0.0701. The fourth-order valence-corrected chi connectivity index (χ4v) is 3.54. The van der Waals surface area contributed by atoms with Crippen LogP contribution in [0.5, 0.6) is 0 Å². The molecule has 2 aromatic heterocycles. The van der Waals surface area contributed by atoms with Crippen molar-refractivity contribution in [3.8, 4) is 0 Å². The molecule has 0 aliphatic rings. The van der Waals surface area contributed by atoms with Crippen molar-refractivity contribution in [2.45, 2.75) is 22.7 Å². The first-order chi connectivity index (χ1) is 12.9. The van der Waals surface area contributed by atoms with Gasteiger partial charge in [0.2, 0.25) is 5.82 Å². The zero-order valence-corrected chi connectivity index (χ0v) is 14.2. The number of aliphatic hydroxyl groups is 1. The Morgan fingerprint density at radius 1 is 1.04 bits per heavy atom. The molecule has 0 fully saturated rings. The highest BCUT2D eigenvalue weighted by molar-refractivity contribution is 7.99. The number of nitrogens with zero attached hydrogens (tertiary/aromatic N) is 4. The molecular weight excluding hydrogens is 384 g/mol. The van der Waals surface area contributed by atoms with Crippen LogP contribution in [0.3, 0.4) is 0 Å². The normalized spacial score (nSPS) is 12.2. The number of benzene rings is 2. The number of fused-ring (bicyclic) bond motifs is 3. The monoisotopic (exact) mass is 394 g/mol. The number of hydrogen-bond donors (Lipinski definition) is 1. The molecule has 138 valence electrons. The quantitative estimate of drug-likeness (QED) is 0.531. The average Bonchev–Trinajstić information content (AvgIpc) is 3.09. The third-order valence-electron chi connectivity index (χ3n) is 3.86. The maximum absolute atomic E-state index is 13.4. The first-order valence-corrected chi connectivity index (χ1v) is 8.48. The van der Waals surface area contributed by atoms with Gasteiger partial charge in [0.1, 0.15) is 10.8 Å². The first-order valence-electron chi connectivity index (χ1n) is 7.66. The Bertz CT molecular complexity index is 1140. The van der Waals surface area contributed by atoms with Crippen LogP contribution in [0, 0.1) is 5.82 Å². The average molecular weight is 394 g/mol. The zero-order chi connectivity index (χ0) is 19.2. The number of rotatable bonds is 3. The van der Waals surface area contributed by atoms with Crippen LogP contribution >= 0.6 is 11.8 Å². The van der Waals surface area contributed by atoms with Crippen LogP contribution in [0.4, 0.5) is 17.6 Å². The molecule has 0 aliphatic carbocycles. The second-order valence-corrected chi connectivity index (χ2v) is 6.66. The van der Waals surface area contributed by atoms with Gasteiger partial charge in [0, 0.05) is 10.5 Å². The summed E-state index contributed by atoms with van der Waals surface area (Å²) in [6, 6.07) is 10.0. The fraction of sp³-hybridized carbons (Fsp3) is 0.118. The van der Waals surface area contributed by atoms with Gasteiger partial charge in [-0.2, -0.15) is 13.2 Å². The van der Waals surface area contributed by atoms with Crippen molar-refractivity contribution in [3.05, 3.63) is 59.7 Å². The summed E-state index contributed by atoms with van der Waals surface area (Å²) in [6.45, 7) is -0.389. The Hall–Kier alpha value is -2.72. The molecule has 5 nitrogen and oxygen atoms in total. The maximum Gasteiger partial charge on any atom is 0.452 e. The first kappa shape index (κ1) is 17.7. The van der Waals surface area contributed by atoms with Crippen molar-refractivity contribution in [2.24, 2.45) is 0 Å². The predicted molar refractivity (Wildman–Crippen MR) is 89.7 cm³/mol. The minimum Gasteiger partial charge on any atom is -0.392 e. The van der Waals surface area contributed by atoms with Crippen molar-refractivity contribution in [1.82, 2.24) is 19.6 Å². The summed E-state index contributed by atoms with van der Waals surface area (Å²) in [4.78, 5) is 4.98. The summed E-state index contributed by atoms with van der Waals surface area (Å²) in [5.74, 6) is -1.61. The molecule has 0 spiro atoms. The standard InChI is InChI=1S/C17H10F4N4OS/c18-10-4-6-11(7-5-10)27-15-14-23-24-16(17(19,20)21)25(14)12-3-1-2-9(8-26)13(12)22-15/h1-7,26H,8H2. The van der Waals surface area contributed by atoms with Crippen molar-refractivity contribution < 1.29 is 22.7 Å². The number of alkyl halides is 3. The largest absolute Gasteiger partial charge is 0.452 e. The molecular formula is C17H10F4N4OS. The molecule has 27 heavy (non-hydrogen) atoms. The van der Waals surface area contributed by atoms with Crippen molar-refractivity contribution in [2.75, 3.05) is 0 Å². The molecule has 0 amide bonds. The van der Waals surface area contributed by atoms with E-state index in [0.717, 1.165) is 16.2 Å². The van der Waals surface area contributed by atoms with Gasteiger partial charge in [0.25, 0.3) is 0 Å². The number of aromatic nitrogens is 4. The molecule has 0 aliphatic heterocycles. The van der Waals surface area contributed by atoms with Crippen molar-refractivity contribution in [1.29, 1.82) is 0 Å². The molecule has 0 radical (unpaired) electrons. The van der Waals surface area contributed by atoms with E-state index in [9.17, 15) is 22.7 Å². The smallest absolute Gasteiger partial charge is 0.392 e.